The van der Waals surface area contributed by atoms with Gasteiger partial charge in [0.25, 0.3) is 5.56 Å². The highest BCUT2D eigenvalue weighted by molar-refractivity contribution is 5.98. The maximum absolute atomic E-state index is 14.4. The zero-order valence-corrected chi connectivity index (χ0v) is 17.4. The number of rotatable bonds is 2. The summed E-state index contributed by atoms with van der Waals surface area (Å²) in [4.78, 5) is 28.0. The van der Waals surface area contributed by atoms with Crippen LogP contribution in [0.25, 0.3) is 33.3 Å². The largest absolute Gasteiger partial charge is 0.397 e. The van der Waals surface area contributed by atoms with Crippen molar-refractivity contribution in [2.45, 2.75) is 12.8 Å². The van der Waals surface area contributed by atoms with Gasteiger partial charge in [-0.15, -0.1) is 0 Å². The first-order valence-electron chi connectivity index (χ1n) is 10.5. The Morgan fingerprint density at radius 3 is 2.58 bits per heavy atom. The molecular weight excluding hydrogens is 395 g/mol. The van der Waals surface area contributed by atoms with Crippen LogP contribution in [0.3, 0.4) is 0 Å². The van der Waals surface area contributed by atoms with Crippen molar-refractivity contribution in [1.82, 2.24) is 19.9 Å². The molecule has 1 fully saturated rings. The Labute approximate surface area is 178 Å². The highest BCUT2D eigenvalue weighted by Gasteiger charge is 2.19. The van der Waals surface area contributed by atoms with E-state index < -0.39 is 11.4 Å². The summed E-state index contributed by atoms with van der Waals surface area (Å²) >= 11 is 0. The highest BCUT2D eigenvalue weighted by Crippen LogP contribution is 2.30. The number of imidazole rings is 1. The molecule has 1 saturated heterocycles. The fraction of sp³-hybridized carbons (Fsp3) is 0.304. The Hall–Kier alpha value is -3.39. The Morgan fingerprint density at radius 1 is 1.03 bits per heavy atom. The molecule has 0 aliphatic carbocycles. The molecule has 1 aliphatic rings. The molecule has 7 nitrogen and oxygen atoms in total. The second-order valence-electron chi connectivity index (χ2n) is 8.19. The number of nitrogen functional groups attached to an aromatic ring is 1. The number of aromatic nitrogens is 3. The third-order valence-corrected chi connectivity index (χ3v) is 6.03. The van der Waals surface area contributed by atoms with Crippen LogP contribution >= 0.6 is 0 Å². The molecule has 0 radical (unpaired) electrons. The van der Waals surface area contributed by atoms with E-state index >= 15 is 0 Å². The SMILES string of the molecule is CN1CCCN(c2ccc3nc(-c4c(N)c5c(F)cccc5[nH]c4=O)[nH]c3c2)CCC1. The van der Waals surface area contributed by atoms with Crippen LogP contribution < -0.4 is 16.2 Å². The van der Waals surface area contributed by atoms with Gasteiger partial charge >= 0.3 is 0 Å². The number of hydrogen-bond donors (Lipinski definition) is 3. The standard InChI is InChI=1S/C23H25FN6O/c1-29-9-3-11-30(12-4-10-29)14-7-8-16-18(13-14)27-22(26-16)20-21(25)19-15(24)5-2-6-17(19)28-23(20)31/h2,5-8,13H,3-4,9-12H2,1H3,(H,26,27)(H3,25,28,31). The van der Waals surface area contributed by atoms with E-state index in [9.17, 15) is 9.18 Å². The van der Waals surface area contributed by atoms with Crippen LogP contribution in [0.15, 0.2) is 41.2 Å². The average Bonchev–Trinajstić information content (AvgIpc) is 3.13. The molecule has 8 heteroatoms. The Morgan fingerprint density at radius 2 is 1.81 bits per heavy atom. The summed E-state index contributed by atoms with van der Waals surface area (Å²) in [6.45, 7) is 4.17. The minimum atomic E-state index is -0.478. The minimum Gasteiger partial charge on any atom is -0.397 e. The van der Waals surface area contributed by atoms with Crippen LogP contribution in [-0.4, -0.2) is 53.1 Å². The maximum atomic E-state index is 14.4. The van der Waals surface area contributed by atoms with Gasteiger partial charge < -0.3 is 25.5 Å². The number of H-pyrrole nitrogens is 2. The van der Waals surface area contributed by atoms with Gasteiger partial charge in [0.2, 0.25) is 0 Å². The van der Waals surface area contributed by atoms with Crippen molar-refractivity contribution in [3.05, 3.63) is 52.6 Å². The van der Waals surface area contributed by atoms with Crippen molar-refractivity contribution >= 4 is 33.3 Å². The zero-order valence-electron chi connectivity index (χ0n) is 17.4. The first-order valence-corrected chi connectivity index (χ1v) is 10.5. The molecule has 0 bridgehead atoms. The van der Waals surface area contributed by atoms with E-state index in [0.717, 1.165) is 55.7 Å². The van der Waals surface area contributed by atoms with Crippen molar-refractivity contribution < 1.29 is 4.39 Å². The van der Waals surface area contributed by atoms with E-state index in [1.165, 1.54) is 12.1 Å². The number of nitrogens with two attached hydrogens (primary N) is 1. The number of nitrogens with zero attached hydrogens (tertiary/aromatic N) is 3. The molecule has 2 aromatic heterocycles. The van der Waals surface area contributed by atoms with Gasteiger partial charge in [-0.05, 0) is 63.3 Å². The fourth-order valence-electron chi connectivity index (χ4n) is 4.43. The number of hydrogen-bond acceptors (Lipinski definition) is 5. The molecule has 31 heavy (non-hydrogen) atoms. The van der Waals surface area contributed by atoms with Gasteiger partial charge in [-0.3, -0.25) is 4.79 Å². The summed E-state index contributed by atoms with van der Waals surface area (Å²) in [5.41, 5.74) is 9.12. The quantitative estimate of drug-likeness (QED) is 0.463. The normalized spacial score (nSPS) is 16.0. The monoisotopic (exact) mass is 420 g/mol. The van der Waals surface area contributed by atoms with Crippen molar-refractivity contribution in [3.63, 3.8) is 0 Å². The van der Waals surface area contributed by atoms with Crippen LogP contribution in [0.2, 0.25) is 0 Å². The lowest BCUT2D eigenvalue weighted by molar-refractivity contribution is 0.313. The molecule has 2 aromatic carbocycles. The molecule has 0 spiro atoms. The van der Waals surface area contributed by atoms with Crippen LogP contribution in [0.5, 0.6) is 0 Å². The molecule has 0 atom stereocenters. The van der Waals surface area contributed by atoms with Crippen molar-refractivity contribution in [2.75, 3.05) is 43.9 Å². The van der Waals surface area contributed by atoms with Gasteiger partial charge in [-0.25, -0.2) is 9.37 Å². The van der Waals surface area contributed by atoms with E-state index in [1.54, 1.807) is 6.07 Å². The number of fused-ring (bicyclic) bond motifs is 2. The Kier molecular flexibility index (Phi) is 4.86. The smallest absolute Gasteiger partial charge is 0.261 e. The molecule has 5 rings (SSSR count). The van der Waals surface area contributed by atoms with E-state index in [4.69, 9.17) is 5.73 Å². The highest BCUT2D eigenvalue weighted by atomic mass is 19.1. The molecule has 4 N–H and O–H groups in total. The van der Waals surface area contributed by atoms with Gasteiger partial charge in [-0.1, -0.05) is 6.07 Å². The third kappa shape index (κ3) is 3.53. The number of pyridine rings is 1. The third-order valence-electron chi connectivity index (χ3n) is 6.03. The van der Waals surface area contributed by atoms with Gasteiger partial charge in [0.1, 0.15) is 17.2 Å². The van der Waals surface area contributed by atoms with E-state index in [0.29, 0.717) is 11.3 Å². The first-order chi connectivity index (χ1) is 15.0. The molecule has 0 amide bonds. The van der Waals surface area contributed by atoms with Crippen LogP contribution in [0.1, 0.15) is 12.8 Å². The van der Waals surface area contributed by atoms with E-state index in [1.807, 2.05) is 6.07 Å². The molecule has 0 saturated carbocycles. The number of benzene rings is 2. The van der Waals surface area contributed by atoms with Crippen molar-refractivity contribution in [1.29, 1.82) is 0 Å². The predicted molar refractivity (Wildman–Crippen MR) is 123 cm³/mol. The number of aromatic amines is 2. The summed E-state index contributed by atoms with van der Waals surface area (Å²) < 4.78 is 14.4. The summed E-state index contributed by atoms with van der Waals surface area (Å²) in [7, 11) is 2.17. The maximum Gasteiger partial charge on any atom is 0.261 e. The molecule has 160 valence electrons. The predicted octanol–water partition coefficient (Wildman–Crippen LogP) is 3.32. The van der Waals surface area contributed by atoms with E-state index in [2.05, 4.69) is 43.9 Å². The number of nitrogens with one attached hydrogen (secondary N) is 2. The molecule has 1 aliphatic heterocycles. The van der Waals surface area contributed by atoms with Gasteiger partial charge in [0, 0.05) is 18.8 Å². The molecular formula is C23H25FN6O. The van der Waals surface area contributed by atoms with Crippen LogP contribution in [0, 0.1) is 5.82 Å². The molecule has 0 unspecified atom stereocenters. The summed E-state index contributed by atoms with van der Waals surface area (Å²) in [6.07, 6.45) is 2.22. The Balaban J connectivity index is 1.55. The average molecular weight is 420 g/mol. The van der Waals surface area contributed by atoms with Crippen molar-refractivity contribution in [3.8, 4) is 11.4 Å². The lowest BCUT2D eigenvalue weighted by atomic mass is 10.1. The topological polar surface area (TPSA) is 94.0 Å². The summed E-state index contributed by atoms with van der Waals surface area (Å²) in [6, 6.07) is 10.6. The van der Waals surface area contributed by atoms with Gasteiger partial charge in [-0.2, -0.15) is 0 Å². The summed E-state index contributed by atoms with van der Waals surface area (Å²) in [5, 5.41) is 0.198. The van der Waals surface area contributed by atoms with Gasteiger partial charge in [0.15, 0.2) is 0 Å². The van der Waals surface area contributed by atoms with Gasteiger partial charge in [0.05, 0.1) is 27.6 Å². The fourth-order valence-corrected chi connectivity index (χ4v) is 4.43. The second-order valence-corrected chi connectivity index (χ2v) is 8.19. The van der Waals surface area contributed by atoms with Crippen LogP contribution in [0.4, 0.5) is 15.8 Å². The number of anilines is 2. The van der Waals surface area contributed by atoms with Crippen LogP contribution in [-0.2, 0) is 0 Å². The zero-order chi connectivity index (χ0) is 21.5. The van der Waals surface area contributed by atoms with E-state index in [-0.39, 0.29) is 16.6 Å². The lowest BCUT2D eigenvalue weighted by Gasteiger charge is -2.30. The number of halogens is 1. The second kappa shape index (κ2) is 7.70. The molecule has 4 aromatic rings. The Bertz CT molecular complexity index is 1320. The summed E-state index contributed by atoms with van der Waals surface area (Å²) in [5.74, 6) is -0.140. The lowest BCUT2D eigenvalue weighted by Crippen LogP contribution is -2.34. The minimum absolute atomic E-state index is 0.0871. The molecule has 3 heterocycles. The van der Waals surface area contributed by atoms with Crippen molar-refractivity contribution in [2.24, 2.45) is 0 Å². The first kappa shape index (κ1) is 19.6.